The number of halogens is 36. The van der Waals surface area contributed by atoms with E-state index in [1.807, 2.05) is 0 Å². The number of rotatable bonds is 18. The second kappa shape index (κ2) is 23.2. The van der Waals surface area contributed by atoms with Crippen molar-refractivity contribution in [1.82, 2.24) is 0 Å². The largest absolute Gasteiger partial charge is 0.460 e. The number of alkyl halides is 34. The summed E-state index contributed by atoms with van der Waals surface area (Å²) in [6.07, 6.45) is -15.7. The molecule has 81 heavy (non-hydrogen) atoms. The van der Waals surface area contributed by atoms with Gasteiger partial charge in [-0.2, -0.15) is 149 Å². The van der Waals surface area contributed by atoms with Gasteiger partial charge >= 0.3 is 94.8 Å². The zero-order valence-corrected chi connectivity index (χ0v) is 42.2. The maximum atomic E-state index is 15.2. The van der Waals surface area contributed by atoms with E-state index in [1.165, 1.54) is 0 Å². The molecule has 4 aromatic carbocycles. The number of hydrogen-bond acceptors (Lipinski definition) is 2. The van der Waals surface area contributed by atoms with Gasteiger partial charge in [-0.1, -0.05) is 121 Å². The summed E-state index contributed by atoms with van der Waals surface area (Å²) in [5.74, 6) is -102. The third kappa shape index (κ3) is 10.9. The molecule has 0 fully saturated rings. The summed E-state index contributed by atoms with van der Waals surface area (Å²) in [7, 11) is -13.4. The summed E-state index contributed by atoms with van der Waals surface area (Å²) in [5.41, 5.74) is -14.2. The van der Waals surface area contributed by atoms with Crippen LogP contribution in [0.1, 0.15) is 0 Å². The molecule has 41 heteroatoms. The fourth-order valence-corrected chi connectivity index (χ4v) is 11.5. The van der Waals surface area contributed by atoms with Crippen molar-refractivity contribution in [2.24, 2.45) is 0 Å². The zero-order chi connectivity index (χ0) is 61.5. The second-order valence-corrected chi connectivity index (χ2v) is 21.2. The Balaban J connectivity index is 0.00000152. The van der Waals surface area contributed by atoms with Gasteiger partial charge in [0.1, 0.15) is 0 Å². The van der Waals surface area contributed by atoms with Crippen LogP contribution in [-0.4, -0.2) is 94.8 Å². The molecule has 0 saturated carbocycles. The van der Waals surface area contributed by atoms with E-state index in [-0.39, 0.29) is 45.2 Å². The van der Waals surface area contributed by atoms with Crippen LogP contribution in [0.2, 0.25) is 0 Å². The van der Waals surface area contributed by atoms with Crippen molar-refractivity contribution in [2.75, 3.05) is 0 Å². The third-order valence-electron chi connectivity index (χ3n) is 10.7. The van der Waals surface area contributed by atoms with Gasteiger partial charge < -0.3 is 9.13 Å². The summed E-state index contributed by atoms with van der Waals surface area (Å²) >= 11 is 0. The molecule has 0 radical (unpaired) electrons. The van der Waals surface area contributed by atoms with E-state index in [0.717, 1.165) is 24.3 Å². The van der Waals surface area contributed by atoms with Crippen molar-refractivity contribution >= 4 is 60.3 Å². The molecule has 0 aliphatic heterocycles. The molecule has 466 valence electrons. The van der Waals surface area contributed by atoms with Gasteiger partial charge in [-0.3, -0.25) is 0 Å². The molecule has 0 aliphatic carbocycles. The first-order valence-corrected chi connectivity index (χ1v) is 22.7. The van der Waals surface area contributed by atoms with Gasteiger partial charge in [0, 0.05) is 41.6 Å². The second-order valence-electron chi connectivity index (χ2n) is 15.5. The Morgan fingerprint density at radius 3 is 0.469 bits per heavy atom. The maximum Gasteiger partial charge on any atom is 0.460 e. The van der Waals surface area contributed by atoms with Gasteiger partial charge in [0.2, 0.25) is 14.3 Å². The predicted molar refractivity (Wildman–Crippen MR) is 215 cm³/mol. The maximum absolute atomic E-state index is 15.2. The first kappa shape index (κ1) is 77.2. The van der Waals surface area contributed by atoms with Crippen molar-refractivity contribution in [3.05, 3.63) is 121 Å². The van der Waals surface area contributed by atoms with E-state index < -0.39 is 130 Å². The van der Waals surface area contributed by atoms with E-state index >= 15 is 17.6 Å². The molecule has 4 rings (SSSR count). The average Bonchev–Trinajstić information content (AvgIpc) is 3.33. The van der Waals surface area contributed by atoms with Crippen LogP contribution in [0.15, 0.2) is 121 Å². The SMILES string of the molecule is Cl.Cl.O=P(c1ccccc1)(c1ccccc1)C(F)(F)C(F)(F)C(F)(F)C(F)(F)C(F)(F)C(F)(F)C(F)(F)C(F)(F)F.O=P(c1ccccc1)(c1ccccc1)C(F)(F)C(F)(F)C(F)(F)C(F)(F)C(F)(F)C(F)(F)C(F)(F)C(F)(F)F.[Pd]. The van der Waals surface area contributed by atoms with Crippen LogP contribution in [0.3, 0.4) is 0 Å². The molecule has 2 nitrogen and oxygen atoms in total. The molecule has 4 aromatic rings. The first-order chi connectivity index (χ1) is 34.4. The Labute approximate surface area is 454 Å². The van der Waals surface area contributed by atoms with Gasteiger partial charge in [-0.05, 0) is 0 Å². The number of hydrogen-bond donors (Lipinski definition) is 0. The van der Waals surface area contributed by atoms with Gasteiger partial charge in [-0.15, -0.1) is 24.8 Å². The molecule has 0 unspecified atom stereocenters. The summed E-state index contributed by atoms with van der Waals surface area (Å²) < 4.78 is 493. The minimum Gasteiger partial charge on any atom is -0.307 e. The van der Waals surface area contributed by atoms with Crippen LogP contribution in [0, 0.1) is 0 Å². The summed E-state index contributed by atoms with van der Waals surface area (Å²) in [4.78, 5) is 0. The smallest absolute Gasteiger partial charge is 0.307 e. The van der Waals surface area contributed by atoms with Crippen molar-refractivity contribution in [3.8, 4) is 0 Å². The van der Waals surface area contributed by atoms with Gasteiger partial charge in [-0.25, -0.2) is 0 Å². The fourth-order valence-electron chi connectivity index (χ4n) is 6.21. The quantitative estimate of drug-likeness (QED) is 0.0565. The molecule has 0 amide bonds. The molecular formula is C40H22Cl2F34O2P2Pd. The monoisotopic (exact) mass is 1420 g/mol. The first-order valence-electron chi connectivity index (χ1n) is 19.3. The van der Waals surface area contributed by atoms with Crippen LogP contribution in [0.5, 0.6) is 0 Å². The molecule has 0 heterocycles. The standard InChI is InChI=1S/2C20H10F17OP.2ClH.Pd/c2*21-13(22,15(25,26)17(29,30)19(33,34)35)14(23,24)16(27,28)18(31,32)20(36,37)39(38,11-7-3-1-4-8-11)12-9-5-2-6-10-12;;;/h2*1-10H;2*1H;. The van der Waals surface area contributed by atoms with Gasteiger partial charge in [0.25, 0.3) is 0 Å². The molecule has 0 N–H and O–H groups in total. The summed E-state index contributed by atoms with van der Waals surface area (Å²) in [6, 6.07) is 12.2. The van der Waals surface area contributed by atoms with Crippen LogP contribution >= 0.6 is 39.1 Å². The van der Waals surface area contributed by atoms with E-state index in [9.17, 15) is 141 Å². The van der Waals surface area contributed by atoms with Crippen molar-refractivity contribution in [1.29, 1.82) is 0 Å². The Bertz CT molecular complexity index is 2540. The topological polar surface area (TPSA) is 34.1 Å². The molecule has 0 atom stereocenters. The zero-order valence-electron chi connectivity index (χ0n) is 37.2. The van der Waals surface area contributed by atoms with E-state index in [0.29, 0.717) is 97.1 Å². The van der Waals surface area contributed by atoms with E-state index in [1.54, 1.807) is 0 Å². The minimum atomic E-state index is -8.76. The molecular weight excluding hydrogens is 1400 g/mol. The molecule has 0 spiro atoms. The number of benzene rings is 4. The van der Waals surface area contributed by atoms with Gasteiger partial charge in [0.05, 0.1) is 0 Å². The predicted octanol–water partition coefficient (Wildman–Crippen LogP) is 16.8. The average molecular weight is 1420 g/mol. The molecule has 0 aliphatic rings. The van der Waals surface area contributed by atoms with Crippen molar-refractivity contribution < 1.29 is 179 Å². The Hall–Kier alpha value is -3.80. The van der Waals surface area contributed by atoms with Crippen molar-refractivity contribution in [2.45, 2.75) is 94.8 Å². The molecule has 0 aromatic heterocycles. The minimum absolute atomic E-state index is 0. The molecule has 0 saturated heterocycles. The van der Waals surface area contributed by atoms with Crippen LogP contribution in [0.4, 0.5) is 149 Å². The third-order valence-corrected chi connectivity index (χ3v) is 16.9. The normalized spacial score (nSPS) is 14.8. The summed E-state index contributed by atoms with van der Waals surface area (Å²) in [6.45, 7) is 0. The summed E-state index contributed by atoms with van der Waals surface area (Å²) in [5, 5.41) is -5.89. The van der Waals surface area contributed by atoms with E-state index in [2.05, 4.69) is 0 Å². The van der Waals surface area contributed by atoms with Crippen LogP contribution < -0.4 is 21.2 Å². The Morgan fingerprint density at radius 1 is 0.210 bits per heavy atom. The Morgan fingerprint density at radius 2 is 0.333 bits per heavy atom. The van der Waals surface area contributed by atoms with Gasteiger partial charge in [0.15, 0.2) is 0 Å². The Kier molecular flexibility index (Phi) is 22.1. The molecule has 0 bridgehead atoms. The van der Waals surface area contributed by atoms with Crippen LogP contribution in [-0.2, 0) is 29.6 Å². The van der Waals surface area contributed by atoms with E-state index in [4.69, 9.17) is 0 Å². The fraction of sp³-hybridized carbons (Fsp3) is 0.400. The van der Waals surface area contributed by atoms with Crippen LogP contribution in [0.25, 0.3) is 0 Å². The van der Waals surface area contributed by atoms with Crippen molar-refractivity contribution in [3.63, 3.8) is 0 Å².